The van der Waals surface area contributed by atoms with Crippen molar-refractivity contribution in [1.82, 2.24) is 5.32 Å². The molecule has 1 aliphatic rings. The SMILES string of the molecule is O=C(Nc1ccc(F)cc1)[C@@H](N[C@H]1CCS(=O)(=O)C1)c1ccccc1. The molecule has 2 aromatic rings. The summed E-state index contributed by atoms with van der Waals surface area (Å²) in [6.07, 6.45) is 0.482. The number of rotatable bonds is 5. The largest absolute Gasteiger partial charge is 0.324 e. The monoisotopic (exact) mass is 362 g/mol. The average molecular weight is 362 g/mol. The van der Waals surface area contributed by atoms with Crippen LogP contribution in [0.2, 0.25) is 0 Å². The molecule has 1 amide bonds. The van der Waals surface area contributed by atoms with E-state index in [4.69, 9.17) is 0 Å². The lowest BCUT2D eigenvalue weighted by Gasteiger charge is -2.22. The van der Waals surface area contributed by atoms with E-state index in [0.29, 0.717) is 12.1 Å². The Hall–Kier alpha value is -2.25. The van der Waals surface area contributed by atoms with Crippen LogP contribution in [0.3, 0.4) is 0 Å². The highest BCUT2D eigenvalue weighted by atomic mass is 32.2. The van der Waals surface area contributed by atoms with Crippen molar-refractivity contribution in [3.05, 3.63) is 66.0 Å². The summed E-state index contributed by atoms with van der Waals surface area (Å²) in [5.74, 6) is -0.541. The van der Waals surface area contributed by atoms with Crippen LogP contribution in [0.5, 0.6) is 0 Å². The smallest absolute Gasteiger partial charge is 0.246 e. The lowest BCUT2D eigenvalue weighted by Crippen LogP contribution is -2.40. The van der Waals surface area contributed by atoms with Gasteiger partial charge in [0.25, 0.3) is 0 Å². The lowest BCUT2D eigenvalue weighted by atomic mass is 10.0. The highest BCUT2D eigenvalue weighted by Crippen LogP contribution is 2.20. The van der Waals surface area contributed by atoms with Crippen LogP contribution in [0.25, 0.3) is 0 Å². The fourth-order valence-electron chi connectivity index (χ4n) is 2.88. The van der Waals surface area contributed by atoms with Crippen LogP contribution in [0.1, 0.15) is 18.0 Å². The van der Waals surface area contributed by atoms with Crippen LogP contribution in [-0.2, 0) is 14.6 Å². The zero-order valence-electron chi connectivity index (χ0n) is 13.5. The Balaban J connectivity index is 1.78. The van der Waals surface area contributed by atoms with E-state index >= 15 is 0 Å². The summed E-state index contributed by atoms with van der Waals surface area (Å²) in [6.45, 7) is 0. The van der Waals surface area contributed by atoms with Crippen molar-refractivity contribution in [2.75, 3.05) is 16.8 Å². The Morgan fingerprint density at radius 2 is 1.76 bits per heavy atom. The second kappa shape index (κ2) is 7.33. The lowest BCUT2D eigenvalue weighted by molar-refractivity contribution is -0.118. The molecule has 3 rings (SSSR count). The van der Waals surface area contributed by atoms with E-state index in [1.54, 1.807) is 0 Å². The fraction of sp³-hybridized carbons (Fsp3) is 0.278. The van der Waals surface area contributed by atoms with Gasteiger partial charge in [-0.15, -0.1) is 0 Å². The molecule has 1 heterocycles. The summed E-state index contributed by atoms with van der Waals surface area (Å²) in [6, 6.07) is 13.6. The molecule has 0 unspecified atom stereocenters. The number of anilines is 1. The van der Waals surface area contributed by atoms with Gasteiger partial charge in [-0.05, 0) is 36.2 Å². The second-order valence-electron chi connectivity index (χ2n) is 6.11. The maximum Gasteiger partial charge on any atom is 0.246 e. The van der Waals surface area contributed by atoms with Crippen molar-refractivity contribution in [1.29, 1.82) is 0 Å². The number of halogens is 1. The van der Waals surface area contributed by atoms with Gasteiger partial charge in [-0.3, -0.25) is 10.1 Å². The molecule has 2 aromatic carbocycles. The average Bonchev–Trinajstić information content (AvgIpc) is 2.94. The number of carbonyl (C=O) groups excluding carboxylic acids is 1. The van der Waals surface area contributed by atoms with E-state index in [1.807, 2.05) is 30.3 Å². The van der Waals surface area contributed by atoms with Crippen molar-refractivity contribution < 1.29 is 17.6 Å². The van der Waals surface area contributed by atoms with Crippen molar-refractivity contribution in [2.24, 2.45) is 0 Å². The molecule has 2 N–H and O–H groups in total. The molecule has 132 valence electrons. The Labute approximate surface area is 146 Å². The first-order chi connectivity index (χ1) is 11.9. The normalized spacial score (nSPS) is 20.1. The quantitative estimate of drug-likeness (QED) is 0.856. The maximum atomic E-state index is 13.0. The zero-order chi connectivity index (χ0) is 17.9. The first-order valence-electron chi connectivity index (χ1n) is 8.01. The number of sulfone groups is 1. The van der Waals surface area contributed by atoms with Gasteiger partial charge in [0.2, 0.25) is 5.91 Å². The van der Waals surface area contributed by atoms with Gasteiger partial charge < -0.3 is 5.32 Å². The number of benzene rings is 2. The Bertz CT molecular complexity index is 838. The van der Waals surface area contributed by atoms with Crippen LogP contribution in [0.4, 0.5) is 10.1 Å². The number of hydrogen-bond donors (Lipinski definition) is 2. The summed E-state index contributed by atoms with van der Waals surface area (Å²) in [4.78, 5) is 12.7. The molecule has 7 heteroatoms. The van der Waals surface area contributed by atoms with Crippen molar-refractivity contribution in [3.63, 3.8) is 0 Å². The van der Waals surface area contributed by atoms with Crippen LogP contribution in [0, 0.1) is 5.82 Å². The minimum absolute atomic E-state index is 0.0279. The van der Waals surface area contributed by atoms with E-state index < -0.39 is 15.9 Å². The van der Waals surface area contributed by atoms with E-state index in [9.17, 15) is 17.6 Å². The molecule has 0 bridgehead atoms. The molecule has 1 saturated heterocycles. The molecule has 0 aromatic heterocycles. The van der Waals surface area contributed by atoms with E-state index in [-0.39, 0.29) is 29.3 Å². The summed E-state index contributed by atoms with van der Waals surface area (Å²) in [5, 5.41) is 5.90. The number of hydrogen-bond acceptors (Lipinski definition) is 4. The highest BCUT2D eigenvalue weighted by Gasteiger charge is 2.32. The molecule has 0 saturated carbocycles. The van der Waals surface area contributed by atoms with Crippen molar-refractivity contribution in [2.45, 2.75) is 18.5 Å². The third-order valence-electron chi connectivity index (χ3n) is 4.14. The van der Waals surface area contributed by atoms with Gasteiger partial charge in [0.05, 0.1) is 11.5 Å². The van der Waals surface area contributed by atoms with Crippen molar-refractivity contribution >= 4 is 21.4 Å². The van der Waals surface area contributed by atoms with Gasteiger partial charge in [0.1, 0.15) is 11.9 Å². The van der Waals surface area contributed by atoms with E-state index in [2.05, 4.69) is 10.6 Å². The first kappa shape index (κ1) is 17.6. The zero-order valence-corrected chi connectivity index (χ0v) is 14.3. The number of nitrogens with one attached hydrogen (secondary N) is 2. The van der Waals surface area contributed by atoms with Crippen LogP contribution >= 0.6 is 0 Å². The Morgan fingerprint density at radius 3 is 2.36 bits per heavy atom. The third kappa shape index (κ3) is 4.64. The predicted octanol–water partition coefficient (Wildman–Crippen LogP) is 2.28. The van der Waals surface area contributed by atoms with E-state index in [0.717, 1.165) is 5.56 Å². The molecular formula is C18H19FN2O3S. The minimum atomic E-state index is -3.05. The third-order valence-corrected chi connectivity index (χ3v) is 5.91. The highest BCUT2D eigenvalue weighted by molar-refractivity contribution is 7.91. The Kier molecular flexibility index (Phi) is 5.15. The number of carbonyl (C=O) groups is 1. The maximum absolute atomic E-state index is 13.0. The molecule has 25 heavy (non-hydrogen) atoms. The molecule has 2 atom stereocenters. The molecule has 0 aliphatic carbocycles. The van der Waals surface area contributed by atoms with Gasteiger partial charge in [0.15, 0.2) is 9.84 Å². The first-order valence-corrected chi connectivity index (χ1v) is 9.83. The molecule has 1 fully saturated rings. The van der Waals surface area contributed by atoms with Crippen LogP contribution in [-0.4, -0.2) is 31.9 Å². The topological polar surface area (TPSA) is 75.3 Å². The molecule has 0 radical (unpaired) electrons. The molecular weight excluding hydrogens is 343 g/mol. The standard InChI is InChI=1S/C18H19FN2O3S/c19-14-6-8-15(9-7-14)21-18(22)17(13-4-2-1-3-5-13)20-16-10-11-25(23,24)12-16/h1-9,16-17,20H,10-12H2,(H,21,22)/t16-,17-/m0/s1. The van der Waals surface area contributed by atoms with Gasteiger partial charge in [-0.1, -0.05) is 30.3 Å². The molecule has 1 aliphatic heterocycles. The predicted molar refractivity (Wildman–Crippen MR) is 94.4 cm³/mol. The van der Waals surface area contributed by atoms with Gasteiger partial charge in [-0.25, -0.2) is 12.8 Å². The van der Waals surface area contributed by atoms with Crippen LogP contribution < -0.4 is 10.6 Å². The summed E-state index contributed by atoms with van der Waals surface area (Å²) < 4.78 is 36.4. The summed E-state index contributed by atoms with van der Waals surface area (Å²) in [7, 11) is -3.05. The van der Waals surface area contributed by atoms with E-state index in [1.165, 1.54) is 24.3 Å². The van der Waals surface area contributed by atoms with Gasteiger partial charge in [-0.2, -0.15) is 0 Å². The molecule has 5 nitrogen and oxygen atoms in total. The fourth-order valence-corrected chi connectivity index (χ4v) is 4.56. The summed E-state index contributed by atoms with van der Waals surface area (Å²) in [5.41, 5.74) is 1.22. The summed E-state index contributed by atoms with van der Waals surface area (Å²) >= 11 is 0. The van der Waals surface area contributed by atoms with Gasteiger partial charge in [0, 0.05) is 11.7 Å². The van der Waals surface area contributed by atoms with Crippen molar-refractivity contribution in [3.8, 4) is 0 Å². The molecule has 0 spiro atoms. The van der Waals surface area contributed by atoms with Gasteiger partial charge >= 0.3 is 0 Å². The number of amides is 1. The van der Waals surface area contributed by atoms with Crippen LogP contribution in [0.15, 0.2) is 54.6 Å². The second-order valence-corrected chi connectivity index (χ2v) is 8.34. The Morgan fingerprint density at radius 1 is 1.08 bits per heavy atom. The minimum Gasteiger partial charge on any atom is -0.324 e.